The van der Waals surface area contributed by atoms with Crippen molar-refractivity contribution in [1.29, 1.82) is 0 Å². The lowest BCUT2D eigenvalue weighted by Crippen LogP contribution is -1.78. The van der Waals surface area contributed by atoms with Gasteiger partial charge in [0.25, 0.3) is 0 Å². The van der Waals surface area contributed by atoms with Gasteiger partial charge in [-0.3, -0.25) is 0 Å². The van der Waals surface area contributed by atoms with E-state index in [-0.39, 0.29) is 0 Å². The molecule has 0 saturated carbocycles. The van der Waals surface area contributed by atoms with Crippen LogP contribution in [0, 0.1) is 0 Å². The Balaban J connectivity index is 3.71. The summed E-state index contributed by atoms with van der Waals surface area (Å²) in [5.74, 6) is 0.991. The van der Waals surface area contributed by atoms with Crippen LogP contribution in [0.5, 0.6) is 0 Å². The number of hydrogen-bond acceptors (Lipinski definition) is 1. The second-order valence-electron chi connectivity index (χ2n) is 2.66. The molecule has 0 radical (unpaired) electrons. The molecule has 0 heterocycles. The van der Waals surface area contributed by atoms with Gasteiger partial charge in [-0.2, -0.15) is 0 Å². The predicted molar refractivity (Wildman–Crippen MR) is 49.4 cm³/mol. The molecular weight excluding hydrogens is 136 g/mol. The largest absolute Gasteiger partial charge is 0.502 e. The predicted octanol–water partition coefficient (Wildman–Crippen LogP) is 3.28. The molecule has 0 rings (SSSR count). The molecule has 0 aliphatic heterocycles. The van der Waals surface area contributed by atoms with Crippen molar-refractivity contribution in [3.8, 4) is 0 Å². The van der Waals surface area contributed by atoms with E-state index in [0.717, 1.165) is 18.6 Å². The van der Waals surface area contributed by atoms with Crippen LogP contribution in [0.15, 0.2) is 23.5 Å². The Morgan fingerprint density at radius 2 is 1.91 bits per heavy atom. The zero-order valence-corrected chi connectivity index (χ0v) is 7.98. The van der Waals surface area contributed by atoms with Crippen LogP contribution in [-0.4, -0.2) is 7.11 Å². The van der Waals surface area contributed by atoms with Gasteiger partial charge in [0.1, 0.15) is 0 Å². The first kappa shape index (κ1) is 10.3. The van der Waals surface area contributed by atoms with Crippen LogP contribution >= 0.6 is 0 Å². The monoisotopic (exact) mass is 154 g/mol. The third-order valence-electron chi connectivity index (χ3n) is 1.75. The molecule has 11 heavy (non-hydrogen) atoms. The molecule has 0 atom stereocenters. The van der Waals surface area contributed by atoms with Crippen LogP contribution in [0.1, 0.15) is 33.6 Å². The van der Waals surface area contributed by atoms with Gasteiger partial charge in [0.05, 0.1) is 12.9 Å². The summed E-state index contributed by atoms with van der Waals surface area (Å²) in [6.07, 6.45) is 6.43. The van der Waals surface area contributed by atoms with Gasteiger partial charge in [-0.05, 0) is 32.8 Å². The lowest BCUT2D eigenvalue weighted by Gasteiger charge is -1.96. The van der Waals surface area contributed by atoms with Crippen molar-refractivity contribution in [2.24, 2.45) is 0 Å². The van der Waals surface area contributed by atoms with Gasteiger partial charge in [0.15, 0.2) is 0 Å². The summed E-state index contributed by atoms with van der Waals surface area (Å²) in [7, 11) is 1.70. The summed E-state index contributed by atoms with van der Waals surface area (Å²) >= 11 is 0. The van der Waals surface area contributed by atoms with Gasteiger partial charge < -0.3 is 4.74 Å². The summed E-state index contributed by atoms with van der Waals surface area (Å²) in [4.78, 5) is 0. The standard InChI is InChI=1S/C10H18O/c1-5-9(2)7-6-8-10(3)11-4/h7-8H,5-6H2,1-4H3/b9-7+,10-8-. The summed E-state index contributed by atoms with van der Waals surface area (Å²) in [5.41, 5.74) is 1.44. The molecule has 0 aliphatic rings. The molecule has 0 amide bonds. The van der Waals surface area contributed by atoms with E-state index in [9.17, 15) is 0 Å². The van der Waals surface area contributed by atoms with E-state index in [0.29, 0.717) is 0 Å². The average molecular weight is 154 g/mol. The van der Waals surface area contributed by atoms with E-state index >= 15 is 0 Å². The minimum Gasteiger partial charge on any atom is -0.502 e. The molecule has 0 aliphatic carbocycles. The molecule has 0 saturated heterocycles. The number of methoxy groups -OCH3 is 1. The SMILES string of the molecule is CC/C(C)=C/C/C=C(/C)OC. The van der Waals surface area contributed by atoms with Gasteiger partial charge in [0.2, 0.25) is 0 Å². The van der Waals surface area contributed by atoms with Crippen molar-refractivity contribution >= 4 is 0 Å². The highest BCUT2D eigenvalue weighted by atomic mass is 16.5. The maximum atomic E-state index is 5.00. The Bertz CT molecular complexity index is 136. The van der Waals surface area contributed by atoms with E-state index in [2.05, 4.69) is 26.0 Å². The molecule has 1 heteroatoms. The summed E-state index contributed by atoms with van der Waals surface area (Å²) in [5, 5.41) is 0. The van der Waals surface area contributed by atoms with E-state index in [1.807, 2.05) is 6.92 Å². The van der Waals surface area contributed by atoms with Crippen LogP contribution in [0.2, 0.25) is 0 Å². The highest BCUT2D eigenvalue weighted by Gasteiger charge is 1.83. The Labute approximate surface area is 69.8 Å². The van der Waals surface area contributed by atoms with Crippen LogP contribution in [0.3, 0.4) is 0 Å². The van der Waals surface area contributed by atoms with Crippen LogP contribution < -0.4 is 0 Å². The first-order valence-electron chi connectivity index (χ1n) is 4.07. The Morgan fingerprint density at radius 3 is 2.36 bits per heavy atom. The summed E-state index contributed by atoms with van der Waals surface area (Å²) in [6.45, 7) is 6.28. The molecule has 0 aromatic heterocycles. The second-order valence-corrected chi connectivity index (χ2v) is 2.66. The number of rotatable bonds is 4. The fourth-order valence-corrected chi connectivity index (χ4v) is 0.654. The van der Waals surface area contributed by atoms with Crippen molar-refractivity contribution in [1.82, 2.24) is 0 Å². The van der Waals surface area contributed by atoms with Gasteiger partial charge in [-0.15, -0.1) is 0 Å². The smallest absolute Gasteiger partial charge is 0.0887 e. The first-order valence-corrected chi connectivity index (χ1v) is 4.07. The van der Waals surface area contributed by atoms with Crippen molar-refractivity contribution in [3.05, 3.63) is 23.5 Å². The van der Waals surface area contributed by atoms with E-state index in [4.69, 9.17) is 4.74 Å². The minimum atomic E-state index is 0.985. The molecule has 0 fully saturated rings. The third kappa shape index (κ3) is 5.71. The van der Waals surface area contributed by atoms with Gasteiger partial charge in [0, 0.05) is 0 Å². The van der Waals surface area contributed by atoms with Crippen molar-refractivity contribution in [2.75, 3.05) is 7.11 Å². The topological polar surface area (TPSA) is 9.23 Å². The highest BCUT2D eigenvalue weighted by Crippen LogP contribution is 2.02. The summed E-state index contributed by atoms with van der Waals surface area (Å²) in [6, 6.07) is 0. The lowest BCUT2D eigenvalue weighted by molar-refractivity contribution is 0.292. The molecule has 64 valence electrons. The first-order chi connectivity index (χ1) is 5.20. The van der Waals surface area contributed by atoms with Gasteiger partial charge in [-0.25, -0.2) is 0 Å². The zero-order chi connectivity index (χ0) is 8.69. The second kappa shape index (κ2) is 6.02. The van der Waals surface area contributed by atoms with Gasteiger partial charge >= 0.3 is 0 Å². The quantitative estimate of drug-likeness (QED) is 0.446. The summed E-state index contributed by atoms with van der Waals surface area (Å²) < 4.78 is 5.00. The Morgan fingerprint density at radius 1 is 1.27 bits per heavy atom. The van der Waals surface area contributed by atoms with Crippen molar-refractivity contribution < 1.29 is 4.74 Å². The van der Waals surface area contributed by atoms with E-state index in [1.54, 1.807) is 7.11 Å². The number of allylic oxidation sites excluding steroid dienone is 4. The van der Waals surface area contributed by atoms with Crippen molar-refractivity contribution in [3.63, 3.8) is 0 Å². The van der Waals surface area contributed by atoms with Crippen LogP contribution in [0.4, 0.5) is 0 Å². The van der Waals surface area contributed by atoms with E-state index in [1.165, 1.54) is 5.57 Å². The molecule has 0 aromatic carbocycles. The number of hydrogen-bond donors (Lipinski definition) is 0. The number of ether oxygens (including phenoxy) is 1. The Hall–Kier alpha value is -0.720. The fourth-order valence-electron chi connectivity index (χ4n) is 0.654. The zero-order valence-electron chi connectivity index (χ0n) is 7.98. The molecule has 1 nitrogen and oxygen atoms in total. The lowest BCUT2D eigenvalue weighted by atomic mass is 10.2. The highest BCUT2D eigenvalue weighted by molar-refractivity contribution is 5.02. The molecule has 0 unspecified atom stereocenters. The normalized spacial score (nSPS) is 13.5. The molecular formula is C10H18O. The minimum absolute atomic E-state index is 0.985. The molecule has 0 spiro atoms. The molecule has 0 aromatic rings. The molecule has 0 bridgehead atoms. The van der Waals surface area contributed by atoms with E-state index < -0.39 is 0 Å². The Kier molecular flexibility index (Phi) is 5.63. The maximum absolute atomic E-state index is 5.00. The van der Waals surface area contributed by atoms with Crippen molar-refractivity contribution in [2.45, 2.75) is 33.6 Å². The molecule has 0 N–H and O–H groups in total. The van der Waals surface area contributed by atoms with Crippen LogP contribution in [0.25, 0.3) is 0 Å². The average Bonchev–Trinajstić information content (AvgIpc) is 2.04. The fraction of sp³-hybridized carbons (Fsp3) is 0.600. The van der Waals surface area contributed by atoms with Gasteiger partial charge in [-0.1, -0.05) is 18.6 Å². The third-order valence-corrected chi connectivity index (χ3v) is 1.75. The van der Waals surface area contributed by atoms with Crippen LogP contribution in [-0.2, 0) is 4.74 Å². The maximum Gasteiger partial charge on any atom is 0.0887 e.